The van der Waals surface area contributed by atoms with Gasteiger partial charge in [-0.05, 0) is 42.7 Å². The Morgan fingerprint density at radius 2 is 1.80 bits per heavy atom. The van der Waals surface area contributed by atoms with Gasteiger partial charge in [-0.15, -0.1) is 0 Å². The summed E-state index contributed by atoms with van der Waals surface area (Å²) in [5.41, 5.74) is 1.61. The van der Waals surface area contributed by atoms with Crippen LogP contribution in [0.15, 0.2) is 57.7 Å². The quantitative estimate of drug-likeness (QED) is 0.476. The number of ether oxygens (including phenoxy) is 1. The van der Waals surface area contributed by atoms with E-state index in [-0.39, 0.29) is 17.1 Å². The highest BCUT2D eigenvalue weighted by molar-refractivity contribution is 5.99. The molecule has 156 valence electrons. The van der Waals surface area contributed by atoms with Crippen molar-refractivity contribution in [1.82, 2.24) is 4.90 Å². The zero-order valence-electron chi connectivity index (χ0n) is 17.5. The van der Waals surface area contributed by atoms with Crippen LogP contribution in [-0.2, 0) is 0 Å². The zero-order chi connectivity index (χ0) is 21.1. The van der Waals surface area contributed by atoms with Crippen LogP contribution in [0.25, 0.3) is 11.0 Å². The molecule has 30 heavy (non-hydrogen) atoms. The first-order valence-electron chi connectivity index (χ1n) is 10.7. The Bertz CT molecular complexity index is 1120. The first kappa shape index (κ1) is 20.2. The highest BCUT2D eigenvalue weighted by Gasteiger charge is 2.42. The first-order chi connectivity index (χ1) is 14.7. The average molecular weight is 405 g/mol. The van der Waals surface area contributed by atoms with Crippen molar-refractivity contribution in [3.63, 3.8) is 0 Å². The van der Waals surface area contributed by atoms with Crippen molar-refractivity contribution in [3.8, 4) is 5.75 Å². The third-order valence-electron chi connectivity index (χ3n) is 5.57. The minimum absolute atomic E-state index is 0.137. The summed E-state index contributed by atoms with van der Waals surface area (Å²) in [4.78, 5) is 28.4. The highest BCUT2D eigenvalue weighted by atomic mass is 16.5. The number of nitrogens with zero attached hydrogens (tertiary/aromatic N) is 1. The number of unbranched alkanes of at least 4 members (excludes halogenated alkanes) is 2. The van der Waals surface area contributed by atoms with E-state index in [0.29, 0.717) is 29.7 Å². The van der Waals surface area contributed by atoms with E-state index in [2.05, 4.69) is 13.8 Å². The Morgan fingerprint density at radius 3 is 2.60 bits per heavy atom. The van der Waals surface area contributed by atoms with Gasteiger partial charge in [0.05, 0.1) is 23.6 Å². The fraction of sp³-hybridized carbons (Fsp3) is 0.360. The molecule has 0 N–H and O–H groups in total. The van der Waals surface area contributed by atoms with E-state index in [0.717, 1.165) is 37.0 Å². The van der Waals surface area contributed by atoms with Crippen molar-refractivity contribution < 1.29 is 13.9 Å². The molecule has 0 aliphatic carbocycles. The van der Waals surface area contributed by atoms with E-state index in [4.69, 9.17) is 9.15 Å². The van der Waals surface area contributed by atoms with Crippen LogP contribution in [0.4, 0.5) is 0 Å². The van der Waals surface area contributed by atoms with Crippen molar-refractivity contribution in [2.75, 3.05) is 13.2 Å². The summed E-state index contributed by atoms with van der Waals surface area (Å²) in [5.74, 6) is 0.697. The minimum Gasteiger partial charge on any atom is -0.494 e. The molecule has 5 heteroatoms. The van der Waals surface area contributed by atoms with Gasteiger partial charge in [0.1, 0.15) is 11.3 Å². The largest absolute Gasteiger partial charge is 0.494 e. The van der Waals surface area contributed by atoms with Gasteiger partial charge in [0, 0.05) is 6.54 Å². The Kier molecular flexibility index (Phi) is 5.88. The van der Waals surface area contributed by atoms with E-state index in [1.165, 1.54) is 0 Å². The van der Waals surface area contributed by atoms with Crippen molar-refractivity contribution in [2.24, 2.45) is 0 Å². The molecule has 0 unspecified atom stereocenters. The number of para-hydroxylation sites is 1. The predicted molar refractivity (Wildman–Crippen MR) is 117 cm³/mol. The summed E-state index contributed by atoms with van der Waals surface area (Å²) in [5, 5.41) is 0.502. The van der Waals surface area contributed by atoms with Gasteiger partial charge in [-0.25, -0.2) is 0 Å². The van der Waals surface area contributed by atoms with E-state index < -0.39 is 6.04 Å². The Morgan fingerprint density at radius 1 is 1.00 bits per heavy atom. The first-order valence-corrected chi connectivity index (χ1v) is 10.7. The smallest absolute Gasteiger partial charge is 0.290 e. The fourth-order valence-corrected chi connectivity index (χ4v) is 3.98. The van der Waals surface area contributed by atoms with Gasteiger partial charge in [0.2, 0.25) is 5.76 Å². The third kappa shape index (κ3) is 3.60. The van der Waals surface area contributed by atoms with Crippen LogP contribution in [0.2, 0.25) is 0 Å². The Balaban J connectivity index is 1.83. The van der Waals surface area contributed by atoms with Gasteiger partial charge in [0.15, 0.2) is 5.43 Å². The molecular formula is C25H27NO4. The number of rotatable bonds is 8. The predicted octanol–water partition coefficient (Wildman–Crippen LogP) is 5.32. The molecule has 2 heterocycles. The number of carbonyl (C=O) groups is 1. The van der Waals surface area contributed by atoms with Crippen molar-refractivity contribution in [2.45, 2.75) is 45.6 Å². The molecule has 0 saturated heterocycles. The normalized spacial score (nSPS) is 15.6. The number of amides is 1. The third-order valence-corrected chi connectivity index (χ3v) is 5.57. The average Bonchev–Trinajstić information content (AvgIpc) is 3.05. The molecular weight excluding hydrogens is 378 g/mol. The summed E-state index contributed by atoms with van der Waals surface area (Å²) in [6.07, 6.45) is 3.85. The minimum atomic E-state index is -0.463. The lowest BCUT2D eigenvalue weighted by atomic mass is 9.98. The second-order valence-corrected chi connectivity index (χ2v) is 7.70. The Labute approximate surface area is 176 Å². The maximum atomic E-state index is 13.4. The van der Waals surface area contributed by atoms with Crippen LogP contribution < -0.4 is 10.2 Å². The van der Waals surface area contributed by atoms with Gasteiger partial charge in [-0.3, -0.25) is 9.59 Å². The second kappa shape index (κ2) is 8.74. The molecule has 1 atom stereocenters. The molecule has 0 radical (unpaired) electrons. The molecule has 0 spiro atoms. The SMILES string of the molecule is CCCCOc1cccc([C@H]2c3c(oc4ccccc4c3=O)C(=O)N2CCCC)c1. The van der Waals surface area contributed by atoms with Gasteiger partial charge in [0.25, 0.3) is 5.91 Å². The second-order valence-electron chi connectivity index (χ2n) is 7.70. The van der Waals surface area contributed by atoms with E-state index in [1.54, 1.807) is 23.1 Å². The maximum absolute atomic E-state index is 13.4. The summed E-state index contributed by atoms with van der Waals surface area (Å²) < 4.78 is 11.8. The lowest BCUT2D eigenvalue weighted by Gasteiger charge is -2.25. The summed E-state index contributed by atoms with van der Waals surface area (Å²) >= 11 is 0. The van der Waals surface area contributed by atoms with Gasteiger partial charge < -0.3 is 14.1 Å². The number of benzene rings is 2. The number of hydrogen-bond donors (Lipinski definition) is 0. The van der Waals surface area contributed by atoms with Gasteiger partial charge >= 0.3 is 0 Å². The molecule has 5 nitrogen and oxygen atoms in total. The Hall–Kier alpha value is -3.08. The van der Waals surface area contributed by atoms with Crippen LogP contribution in [-0.4, -0.2) is 24.0 Å². The summed E-state index contributed by atoms with van der Waals surface area (Å²) in [7, 11) is 0. The monoisotopic (exact) mass is 405 g/mol. The lowest BCUT2D eigenvalue weighted by Crippen LogP contribution is -2.30. The number of fused-ring (bicyclic) bond motifs is 2. The zero-order valence-corrected chi connectivity index (χ0v) is 17.5. The fourth-order valence-electron chi connectivity index (χ4n) is 3.98. The molecule has 1 aromatic heterocycles. The molecule has 0 fully saturated rings. The van der Waals surface area contributed by atoms with E-state index >= 15 is 0 Å². The molecule has 1 amide bonds. The molecule has 1 aliphatic heterocycles. The molecule has 1 aliphatic rings. The van der Waals surface area contributed by atoms with Crippen molar-refractivity contribution in [3.05, 3.63) is 75.6 Å². The highest BCUT2D eigenvalue weighted by Crippen LogP contribution is 2.39. The molecule has 3 aromatic rings. The van der Waals surface area contributed by atoms with Crippen LogP contribution >= 0.6 is 0 Å². The molecule has 0 saturated carbocycles. The van der Waals surface area contributed by atoms with Crippen LogP contribution in [0, 0.1) is 0 Å². The van der Waals surface area contributed by atoms with Crippen LogP contribution in [0.3, 0.4) is 0 Å². The standard InChI is InChI=1S/C25H27NO4/c1-3-5-14-26-22(17-10-9-11-18(16-17)29-15-6-4-2)21-23(27)19-12-7-8-13-20(19)30-24(21)25(26)28/h7-13,16,22H,3-6,14-15H2,1-2H3/t22-/m0/s1. The van der Waals surface area contributed by atoms with Gasteiger partial charge in [-0.1, -0.05) is 51.0 Å². The lowest BCUT2D eigenvalue weighted by molar-refractivity contribution is 0.0725. The summed E-state index contributed by atoms with van der Waals surface area (Å²) in [6, 6.07) is 14.4. The van der Waals surface area contributed by atoms with Gasteiger partial charge in [-0.2, -0.15) is 0 Å². The summed E-state index contributed by atoms with van der Waals surface area (Å²) in [6.45, 7) is 5.42. The number of carbonyl (C=O) groups excluding carboxylic acids is 1. The molecule has 2 aromatic carbocycles. The number of hydrogen-bond acceptors (Lipinski definition) is 4. The van der Waals surface area contributed by atoms with E-state index in [1.807, 2.05) is 30.3 Å². The maximum Gasteiger partial charge on any atom is 0.290 e. The van der Waals surface area contributed by atoms with Crippen LogP contribution in [0.1, 0.15) is 67.3 Å². The van der Waals surface area contributed by atoms with Crippen molar-refractivity contribution >= 4 is 16.9 Å². The molecule has 0 bridgehead atoms. The van der Waals surface area contributed by atoms with E-state index in [9.17, 15) is 9.59 Å². The molecule has 4 rings (SSSR count). The van der Waals surface area contributed by atoms with Crippen LogP contribution in [0.5, 0.6) is 5.75 Å². The van der Waals surface area contributed by atoms with Crippen molar-refractivity contribution in [1.29, 1.82) is 0 Å². The topological polar surface area (TPSA) is 59.8 Å².